The lowest BCUT2D eigenvalue weighted by atomic mass is 10.1. The van der Waals surface area contributed by atoms with Gasteiger partial charge in [-0.05, 0) is 6.92 Å². The molecule has 0 aromatic carbocycles. The maximum atomic E-state index is 11.3. The predicted octanol–water partition coefficient (Wildman–Crippen LogP) is -1.21. The van der Waals surface area contributed by atoms with Crippen LogP contribution in [0.2, 0.25) is 0 Å². The Hall–Kier alpha value is -0.730. The van der Waals surface area contributed by atoms with Gasteiger partial charge in [0.15, 0.2) is 5.79 Å². The first-order valence-corrected chi connectivity index (χ1v) is 5.86. The molecular weight excluding hydrogens is 244 g/mol. The van der Waals surface area contributed by atoms with Gasteiger partial charge in [0.2, 0.25) is 0 Å². The Labute approximate surface area is 105 Å². The summed E-state index contributed by atoms with van der Waals surface area (Å²) in [6.45, 7) is 1.19. The molecule has 0 aromatic heterocycles. The van der Waals surface area contributed by atoms with E-state index < -0.39 is 24.5 Å². The Morgan fingerprint density at radius 2 is 2.28 bits per heavy atom. The van der Waals surface area contributed by atoms with Crippen molar-refractivity contribution in [1.82, 2.24) is 0 Å². The van der Waals surface area contributed by atoms with Crippen molar-refractivity contribution < 1.29 is 34.3 Å². The first kappa shape index (κ1) is 15.3. The van der Waals surface area contributed by atoms with Crippen LogP contribution in [-0.4, -0.2) is 65.7 Å². The summed E-state index contributed by atoms with van der Waals surface area (Å²) >= 11 is 0. The zero-order valence-electron chi connectivity index (χ0n) is 10.4. The number of ether oxygens (including phenoxy) is 3. The third-order valence-corrected chi connectivity index (χ3v) is 2.62. The minimum absolute atomic E-state index is 0.0762. The zero-order chi connectivity index (χ0) is 13.6. The molecule has 0 bridgehead atoms. The average molecular weight is 264 g/mol. The van der Waals surface area contributed by atoms with Crippen LogP contribution in [0, 0.1) is 0 Å². The molecule has 0 aliphatic carbocycles. The Bertz CT molecular complexity index is 270. The summed E-state index contributed by atoms with van der Waals surface area (Å²) in [6, 6.07) is 0. The molecule has 3 unspecified atom stereocenters. The van der Waals surface area contributed by atoms with Crippen LogP contribution in [0.3, 0.4) is 0 Å². The largest absolute Gasteiger partial charge is 0.463 e. The van der Waals surface area contributed by atoms with Gasteiger partial charge < -0.3 is 29.5 Å². The van der Waals surface area contributed by atoms with Gasteiger partial charge in [0.1, 0.15) is 18.8 Å². The van der Waals surface area contributed by atoms with Gasteiger partial charge in [0.05, 0.1) is 26.2 Å². The smallest absolute Gasteiger partial charge is 0.306 e. The first-order valence-electron chi connectivity index (χ1n) is 5.86. The highest BCUT2D eigenvalue weighted by Crippen LogP contribution is 2.27. The van der Waals surface area contributed by atoms with E-state index >= 15 is 0 Å². The van der Waals surface area contributed by atoms with Crippen molar-refractivity contribution in [3.63, 3.8) is 0 Å². The molecule has 18 heavy (non-hydrogen) atoms. The molecule has 1 saturated heterocycles. The molecule has 7 heteroatoms. The Morgan fingerprint density at radius 3 is 2.83 bits per heavy atom. The number of esters is 1. The van der Waals surface area contributed by atoms with E-state index in [1.54, 1.807) is 6.92 Å². The van der Waals surface area contributed by atoms with Crippen LogP contribution < -0.4 is 0 Å². The Kier molecular flexibility index (Phi) is 5.97. The summed E-state index contributed by atoms with van der Waals surface area (Å²) < 4.78 is 15.5. The number of rotatable bonds is 7. The SMILES string of the molecule is CC1(CCC(=O)OCC(O)CO)OCC(CO)O1. The number of hydrogen-bond acceptors (Lipinski definition) is 7. The van der Waals surface area contributed by atoms with Crippen molar-refractivity contribution in [2.75, 3.05) is 26.4 Å². The van der Waals surface area contributed by atoms with Crippen molar-refractivity contribution in [1.29, 1.82) is 0 Å². The highest BCUT2D eigenvalue weighted by Gasteiger charge is 2.37. The van der Waals surface area contributed by atoms with E-state index in [9.17, 15) is 4.79 Å². The molecule has 0 spiro atoms. The van der Waals surface area contributed by atoms with Crippen LogP contribution in [0.5, 0.6) is 0 Å². The monoisotopic (exact) mass is 264 g/mol. The number of hydrogen-bond donors (Lipinski definition) is 3. The fourth-order valence-corrected chi connectivity index (χ4v) is 1.55. The molecule has 1 fully saturated rings. The molecule has 3 N–H and O–H groups in total. The van der Waals surface area contributed by atoms with E-state index in [-0.39, 0.29) is 25.7 Å². The van der Waals surface area contributed by atoms with E-state index in [0.29, 0.717) is 13.0 Å². The standard InChI is InChI=1S/C11H20O7/c1-11(17-7-9(5-13)18-11)3-2-10(15)16-6-8(14)4-12/h8-9,12-14H,2-7H2,1H3. The van der Waals surface area contributed by atoms with Crippen LogP contribution in [-0.2, 0) is 19.0 Å². The fourth-order valence-electron chi connectivity index (χ4n) is 1.55. The Balaban J connectivity index is 2.22. The summed E-state index contributed by atoms with van der Waals surface area (Å²) in [5.41, 5.74) is 0. The van der Waals surface area contributed by atoms with E-state index in [2.05, 4.69) is 0 Å². The van der Waals surface area contributed by atoms with E-state index in [4.69, 9.17) is 29.5 Å². The van der Waals surface area contributed by atoms with Gasteiger partial charge in [0.25, 0.3) is 0 Å². The third-order valence-electron chi connectivity index (χ3n) is 2.62. The predicted molar refractivity (Wildman–Crippen MR) is 59.6 cm³/mol. The van der Waals surface area contributed by atoms with Crippen molar-refractivity contribution in [3.05, 3.63) is 0 Å². The second-order valence-electron chi connectivity index (χ2n) is 4.39. The molecule has 0 aromatic rings. The third kappa shape index (κ3) is 4.87. The van der Waals surface area contributed by atoms with E-state index in [1.165, 1.54) is 0 Å². The normalized spacial score (nSPS) is 29.2. The maximum absolute atomic E-state index is 11.3. The van der Waals surface area contributed by atoms with Crippen molar-refractivity contribution >= 4 is 5.97 Å². The second-order valence-corrected chi connectivity index (χ2v) is 4.39. The Morgan fingerprint density at radius 1 is 1.56 bits per heavy atom. The van der Waals surface area contributed by atoms with Gasteiger partial charge in [-0.1, -0.05) is 0 Å². The molecule has 0 amide bonds. The first-order chi connectivity index (χ1) is 8.49. The topological polar surface area (TPSA) is 105 Å². The van der Waals surface area contributed by atoms with E-state index in [1.807, 2.05) is 0 Å². The molecule has 0 radical (unpaired) electrons. The van der Waals surface area contributed by atoms with Gasteiger partial charge >= 0.3 is 5.97 Å². The molecule has 7 nitrogen and oxygen atoms in total. The highest BCUT2D eigenvalue weighted by molar-refractivity contribution is 5.69. The number of carbonyl (C=O) groups excluding carboxylic acids is 1. The summed E-state index contributed by atoms with van der Waals surface area (Å²) in [5.74, 6) is -1.38. The van der Waals surface area contributed by atoms with Gasteiger partial charge in [-0.2, -0.15) is 0 Å². The van der Waals surface area contributed by atoms with Gasteiger partial charge in [-0.3, -0.25) is 4.79 Å². The summed E-state index contributed by atoms with van der Waals surface area (Å²) in [5, 5.41) is 26.4. The molecule has 1 rings (SSSR count). The summed E-state index contributed by atoms with van der Waals surface area (Å²) in [7, 11) is 0. The number of aliphatic hydroxyl groups is 3. The van der Waals surface area contributed by atoms with Gasteiger partial charge in [0, 0.05) is 6.42 Å². The number of aliphatic hydroxyl groups excluding tert-OH is 3. The lowest BCUT2D eigenvalue weighted by molar-refractivity contribution is -0.171. The van der Waals surface area contributed by atoms with Crippen molar-refractivity contribution in [3.8, 4) is 0 Å². The summed E-state index contributed by atoms with van der Waals surface area (Å²) in [4.78, 5) is 11.3. The van der Waals surface area contributed by atoms with Gasteiger partial charge in [-0.25, -0.2) is 0 Å². The lowest BCUT2D eigenvalue weighted by Gasteiger charge is -2.22. The van der Waals surface area contributed by atoms with Crippen molar-refractivity contribution in [2.45, 2.75) is 37.8 Å². The van der Waals surface area contributed by atoms with E-state index in [0.717, 1.165) is 0 Å². The molecule has 1 aliphatic heterocycles. The van der Waals surface area contributed by atoms with Crippen LogP contribution >= 0.6 is 0 Å². The molecule has 0 saturated carbocycles. The van der Waals surface area contributed by atoms with Crippen LogP contribution in [0.25, 0.3) is 0 Å². The molecule has 1 heterocycles. The van der Waals surface area contributed by atoms with Crippen LogP contribution in [0.15, 0.2) is 0 Å². The quantitative estimate of drug-likeness (QED) is 0.495. The molecular formula is C11H20O7. The second kappa shape index (κ2) is 7.01. The highest BCUT2D eigenvalue weighted by atomic mass is 16.7. The molecule has 1 aliphatic rings. The molecule has 3 atom stereocenters. The number of carbonyl (C=O) groups is 1. The zero-order valence-corrected chi connectivity index (χ0v) is 10.4. The van der Waals surface area contributed by atoms with Crippen molar-refractivity contribution in [2.24, 2.45) is 0 Å². The lowest BCUT2D eigenvalue weighted by Crippen LogP contribution is -2.29. The fraction of sp³-hybridized carbons (Fsp3) is 0.909. The molecule has 106 valence electrons. The van der Waals surface area contributed by atoms with Gasteiger partial charge in [-0.15, -0.1) is 0 Å². The minimum atomic E-state index is -1.05. The van der Waals surface area contributed by atoms with Crippen LogP contribution in [0.1, 0.15) is 19.8 Å². The average Bonchev–Trinajstić information content (AvgIpc) is 2.76. The summed E-state index contributed by atoms with van der Waals surface area (Å²) in [6.07, 6.45) is -1.03. The minimum Gasteiger partial charge on any atom is -0.463 e. The maximum Gasteiger partial charge on any atom is 0.306 e. The van der Waals surface area contributed by atoms with Crippen LogP contribution in [0.4, 0.5) is 0 Å².